The number of ether oxygens (including phenoxy) is 1. The number of benzene rings is 3. The number of amides is 3. The summed E-state index contributed by atoms with van der Waals surface area (Å²) in [5.41, 5.74) is 3.00. The van der Waals surface area contributed by atoms with Gasteiger partial charge in [0, 0.05) is 101 Å². The van der Waals surface area contributed by atoms with Crippen LogP contribution in [0.5, 0.6) is 5.75 Å². The molecule has 15 nitrogen and oxygen atoms in total. The number of nitrogens with one attached hydrogen (secondary N) is 2. The minimum absolute atomic E-state index is 0.0859. The van der Waals surface area contributed by atoms with E-state index in [-0.39, 0.29) is 29.2 Å². The van der Waals surface area contributed by atoms with Gasteiger partial charge in [-0.25, -0.2) is 9.78 Å². The number of piperazine rings is 1. The number of alkyl halides is 3. The number of non-ortho nitro benzene ring substituents is 1. The van der Waals surface area contributed by atoms with E-state index >= 15 is 0 Å². The first kappa shape index (κ1) is 45.1. The van der Waals surface area contributed by atoms with Gasteiger partial charge in [0.25, 0.3) is 17.5 Å². The molecule has 2 N–H and O–H groups in total. The molecule has 0 saturated carbocycles. The van der Waals surface area contributed by atoms with Gasteiger partial charge in [0.15, 0.2) is 0 Å². The van der Waals surface area contributed by atoms with E-state index in [9.17, 15) is 37.7 Å². The van der Waals surface area contributed by atoms with Crippen LogP contribution < -0.4 is 20.3 Å². The summed E-state index contributed by atoms with van der Waals surface area (Å²) in [6, 6.07) is 24.3. The first-order chi connectivity index (χ1) is 30.8. The molecule has 3 amide bonds. The Hall–Kier alpha value is -6.92. The molecule has 0 bridgehead atoms. The number of halogens is 3. The maximum absolute atomic E-state index is 13.8. The molecular formula is C46H48F3N9O6. The van der Waals surface area contributed by atoms with Gasteiger partial charge in [-0.05, 0) is 98.6 Å². The highest BCUT2D eigenvalue weighted by atomic mass is 19.4. The van der Waals surface area contributed by atoms with E-state index in [1.165, 1.54) is 48.7 Å². The number of piperidine rings is 1. The smallest absolute Gasteiger partial charge is 0.410 e. The fourth-order valence-corrected chi connectivity index (χ4v) is 7.57. The second-order valence-corrected chi connectivity index (χ2v) is 15.7. The van der Waals surface area contributed by atoms with E-state index in [1.54, 1.807) is 23.1 Å². The summed E-state index contributed by atoms with van der Waals surface area (Å²) in [7, 11) is 1.97. The number of nitrogens with zero attached hydrogens (tertiary/aromatic N) is 7. The molecule has 0 aliphatic carbocycles. The Morgan fingerprint density at radius 1 is 0.859 bits per heavy atom. The number of likely N-dealkylation sites (N-methyl/N-ethyl adjacent to an activating group) is 1. The molecule has 334 valence electrons. The fraction of sp³-hybridized carbons (Fsp3) is 0.326. The predicted molar refractivity (Wildman–Crippen MR) is 234 cm³/mol. The van der Waals surface area contributed by atoms with E-state index in [0.717, 1.165) is 56.7 Å². The number of anilines is 2. The van der Waals surface area contributed by atoms with Crippen molar-refractivity contribution >= 4 is 35.0 Å². The van der Waals surface area contributed by atoms with Crippen LogP contribution in [0.1, 0.15) is 56.9 Å². The quantitative estimate of drug-likeness (QED) is 0.0839. The lowest BCUT2D eigenvalue weighted by Crippen LogP contribution is -2.50. The maximum atomic E-state index is 13.8. The molecule has 3 aromatic carbocycles. The molecule has 18 heteroatoms. The highest BCUT2D eigenvalue weighted by Crippen LogP contribution is 2.34. The standard InChI is InChI=1S/C46H48F3N9O6/c1-54(21-22-55-23-25-57(26-24-55)45(61)64-38-14-11-36(12-15-38)58(62)63)31-35-9-6-10-41(52-35)44(60)53-40-16-13-37(56-19-3-2-4-20-56)29-39(40)42-28-33(17-18-50-42)43(59)51-30-32-7-5-8-34(27-32)46(47,48)49/h5-18,27-29H,2-4,19-26,30-31H2,1H3,(H,51,59)(H,53,60). The average Bonchev–Trinajstić information content (AvgIpc) is 3.30. The monoisotopic (exact) mass is 879 g/mol. The van der Waals surface area contributed by atoms with Crippen molar-refractivity contribution in [3.63, 3.8) is 0 Å². The summed E-state index contributed by atoms with van der Waals surface area (Å²) >= 11 is 0. The summed E-state index contributed by atoms with van der Waals surface area (Å²) in [5.74, 6) is -0.687. The number of hydrogen-bond acceptors (Lipinski definition) is 11. The highest BCUT2D eigenvalue weighted by Gasteiger charge is 2.30. The van der Waals surface area contributed by atoms with Crippen LogP contribution in [0.3, 0.4) is 0 Å². The first-order valence-electron chi connectivity index (χ1n) is 21.0. The lowest BCUT2D eigenvalue weighted by atomic mass is 10.0. The number of rotatable bonds is 14. The summed E-state index contributed by atoms with van der Waals surface area (Å²) in [5, 5.41) is 16.6. The Labute approximate surface area is 368 Å². The number of carbonyl (C=O) groups is 3. The summed E-state index contributed by atoms with van der Waals surface area (Å²) < 4.78 is 45.2. The van der Waals surface area contributed by atoms with Crippen LogP contribution in [-0.4, -0.2) is 107 Å². The largest absolute Gasteiger partial charge is 0.416 e. The maximum Gasteiger partial charge on any atom is 0.416 e. The summed E-state index contributed by atoms with van der Waals surface area (Å²) in [6.45, 7) is 5.80. The van der Waals surface area contributed by atoms with Gasteiger partial charge in [-0.15, -0.1) is 0 Å². The number of nitro groups is 1. The summed E-state index contributed by atoms with van der Waals surface area (Å²) in [4.78, 5) is 67.7. The number of nitro benzene ring substituents is 1. The van der Waals surface area contributed by atoms with Crippen molar-refractivity contribution in [3.8, 4) is 17.0 Å². The van der Waals surface area contributed by atoms with Crippen LogP contribution in [0.4, 0.5) is 35.0 Å². The van der Waals surface area contributed by atoms with Crippen molar-refractivity contribution in [2.45, 2.75) is 38.5 Å². The topological polar surface area (TPSA) is 166 Å². The van der Waals surface area contributed by atoms with Gasteiger partial charge in [-0.2, -0.15) is 13.2 Å². The number of pyridine rings is 2. The van der Waals surface area contributed by atoms with Crippen molar-refractivity contribution in [2.24, 2.45) is 0 Å². The zero-order valence-electron chi connectivity index (χ0n) is 35.2. The SMILES string of the molecule is CN(CCN1CCN(C(=O)Oc2ccc([N+](=O)[O-])cc2)CC1)Cc1cccc(C(=O)Nc2ccc(N3CCCCC3)cc2-c2cc(C(=O)NCc3cccc(C(F)(F)F)c3)ccn2)n1. The van der Waals surface area contributed by atoms with Crippen LogP contribution in [-0.2, 0) is 19.3 Å². The molecule has 0 unspecified atom stereocenters. The van der Waals surface area contributed by atoms with Crippen molar-refractivity contribution in [2.75, 3.05) is 69.6 Å². The Balaban J connectivity index is 0.962. The van der Waals surface area contributed by atoms with Gasteiger partial charge in [0.2, 0.25) is 0 Å². The molecule has 0 spiro atoms. The number of aromatic nitrogens is 2. The van der Waals surface area contributed by atoms with Gasteiger partial charge < -0.3 is 25.2 Å². The van der Waals surface area contributed by atoms with Gasteiger partial charge in [-0.1, -0.05) is 18.2 Å². The van der Waals surface area contributed by atoms with E-state index in [0.29, 0.717) is 67.5 Å². The van der Waals surface area contributed by atoms with Crippen LogP contribution in [0.15, 0.2) is 103 Å². The zero-order chi connectivity index (χ0) is 45.2. The second kappa shape index (κ2) is 20.5. The highest BCUT2D eigenvalue weighted by molar-refractivity contribution is 6.05. The molecule has 4 heterocycles. The van der Waals surface area contributed by atoms with Crippen molar-refractivity contribution in [1.82, 2.24) is 30.0 Å². The fourth-order valence-electron chi connectivity index (χ4n) is 7.57. The van der Waals surface area contributed by atoms with Gasteiger partial charge in [-0.3, -0.25) is 34.5 Å². The number of hydrogen-bond donors (Lipinski definition) is 2. The van der Waals surface area contributed by atoms with E-state index in [2.05, 4.69) is 35.3 Å². The van der Waals surface area contributed by atoms with Gasteiger partial charge in [0.05, 0.1) is 27.6 Å². The average molecular weight is 880 g/mol. The Morgan fingerprint density at radius 3 is 2.34 bits per heavy atom. The Morgan fingerprint density at radius 2 is 1.61 bits per heavy atom. The molecule has 2 aromatic heterocycles. The Kier molecular flexibility index (Phi) is 14.5. The van der Waals surface area contributed by atoms with E-state index in [4.69, 9.17) is 4.74 Å². The third-order valence-corrected chi connectivity index (χ3v) is 11.1. The van der Waals surface area contributed by atoms with Crippen LogP contribution in [0, 0.1) is 10.1 Å². The molecule has 2 aliphatic rings. The summed E-state index contributed by atoms with van der Waals surface area (Å²) in [6.07, 6.45) is -0.278. The van der Waals surface area contributed by atoms with Crippen LogP contribution >= 0.6 is 0 Å². The normalized spacial score (nSPS) is 14.6. The third-order valence-electron chi connectivity index (χ3n) is 11.1. The van der Waals surface area contributed by atoms with E-state index < -0.39 is 34.6 Å². The molecule has 7 rings (SSSR count). The second-order valence-electron chi connectivity index (χ2n) is 15.7. The molecule has 0 radical (unpaired) electrons. The van der Waals surface area contributed by atoms with Crippen molar-refractivity contribution in [3.05, 3.63) is 141 Å². The predicted octanol–water partition coefficient (Wildman–Crippen LogP) is 7.49. The molecule has 5 aromatic rings. The van der Waals surface area contributed by atoms with Crippen molar-refractivity contribution in [1.29, 1.82) is 0 Å². The van der Waals surface area contributed by atoms with Gasteiger partial charge in [0.1, 0.15) is 11.4 Å². The molecular weight excluding hydrogens is 832 g/mol. The first-order valence-corrected chi connectivity index (χ1v) is 21.0. The van der Waals surface area contributed by atoms with Crippen LogP contribution in [0.25, 0.3) is 11.3 Å². The van der Waals surface area contributed by atoms with E-state index in [1.807, 2.05) is 31.3 Å². The lowest BCUT2D eigenvalue weighted by molar-refractivity contribution is -0.384. The zero-order valence-corrected chi connectivity index (χ0v) is 35.2. The van der Waals surface area contributed by atoms with Crippen molar-refractivity contribution < 1.29 is 37.2 Å². The molecule has 2 fully saturated rings. The third kappa shape index (κ3) is 12.0. The van der Waals surface area contributed by atoms with Crippen LogP contribution in [0.2, 0.25) is 0 Å². The van der Waals surface area contributed by atoms with Gasteiger partial charge >= 0.3 is 12.3 Å². The lowest BCUT2D eigenvalue weighted by Gasteiger charge is -2.34. The minimum atomic E-state index is -4.50. The minimum Gasteiger partial charge on any atom is -0.410 e. The molecule has 2 aliphatic heterocycles. The Bertz CT molecular complexity index is 2460. The molecule has 2 saturated heterocycles. The molecule has 64 heavy (non-hydrogen) atoms. The molecule has 0 atom stereocenters. The number of carbonyl (C=O) groups excluding carboxylic acids is 3.